The molecule has 0 aliphatic rings. The van der Waals surface area contributed by atoms with Gasteiger partial charge in [-0.2, -0.15) is 11.3 Å². The van der Waals surface area contributed by atoms with E-state index in [9.17, 15) is 5.11 Å². The van der Waals surface area contributed by atoms with Gasteiger partial charge in [0.25, 0.3) is 0 Å². The lowest BCUT2D eigenvalue weighted by molar-refractivity contribution is 0.162. The number of thiophene rings is 1. The highest BCUT2D eigenvalue weighted by atomic mass is 32.1. The molecule has 72 valence electrons. The molecule has 0 spiro atoms. The predicted octanol–water partition coefficient (Wildman–Crippen LogP) is 3.01. The summed E-state index contributed by atoms with van der Waals surface area (Å²) in [5, 5.41) is 13.8. The second kappa shape index (κ2) is 5.95. The van der Waals surface area contributed by atoms with E-state index in [0.29, 0.717) is 0 Å². The van der Waals surface area contributed by atoms with Crippen LogP contribution in [0.5, 0.6) is 0 Å². The van der Waals surface area contributed by atoms with E-state index in [-0.39, 0.29) is 6.10 Å². The maximum Gasteiger partial charge on any atom is 0.0581 e. The molecule has 0 aliphatic carbocycles. The highest BCUT2D eigenvalue weighted by Gasteiger charge is 2.04. The van der Waals surface area contributed by atoms with Crippen molar-refractivity contribution in [3.05, 3.63) is 35.0 Å². The smallest absolute Gasteiger partial charge is 0.0581 e. The maximum absolute atomic E-state index is 9.62. The third kappa shape index (κ3) is 4.25. The Morgan fingerprint density at radius 1 is 1.62 bits per heavy atom. The largest absolute Gasteiger partial charge is 0.393 e. The Morgan fingerprint density at radius 3 is 3.08 bits per heavy atom. The molecule has 1 N–H and O–H groups in total. The lowest BCUT2D eigenvalue weighted by atomic mass is 10.1. The van der Waals surface area contributed by atoms with Gasteiger partial charge in [-0.3, -0.25) is 0 Å². The molecule has 0 saturated heterocycles. The zero-order chi connectivity index (χ0) is 9.52. The normalized spacial score (nSPS) is 12.7. The second-order valence-electron chi connectivity index (χ2n) is 3.21. The molecule has 0 aromatic carbocycles. The third-order valence-electron chi connectivity index (χ3n) is 2.00. The molecule has 0 amide bonds. The van der Waals surface area contributed by atoms with E-state index in [0.717, 1.165) is 25.7 Å². The fourth-order valence-electron chi connectivity index (χ4n) is 1.28. The van der Waals surface area contributed by atoms with Gasteiger partial charge >= 0.3 is 0 Å². The SMILES string of the molecule is C=CCCCC(O)Cc1ccsc1. The first-order valence-electron chi connectivity index (χ1n) is 4.63. The van der Waals surface area contributed by atoms with E-state index in [2.05, 4.69) is 18.0 Å². The van der Waals surface area contributed by atoms with Crippen molar-refractivity contribution in [2.24, 2.45) is 0 Å². The van der Waals surface area contributed by atoms with Gasteiger partial charge < -0.3 is 5.11 Å². The van der Waals surface area contributed by atoms with Crippen LogP contribution in [0.2, 0.25) is 0 Å². The summed E-state index contributed by atoms with van der Waals surface area (Å²) >= 11 is 1.68. The Balaban J connectivity index is 2.17. The first-order chi connectivity index (χ1) is 6.33. The van der Waals surface area contributed by atoms with Gasteiger partial charge in [-0.15, -0.1) is 6.58 Å². The van der Waals surface area contributed by atoms with Gasteiger partial charge in [0.05, 0.1) is 6.10 Å². The number of hydrogen-bond acceptors (Lipinski definition) is 2. The van der Waals surface area contributed by atoms with Crippen molar-refractivity contribution in [2.75, 3.05) is 0 Å². The molecule has 0 bridgehead atoms. The van der Waals surface area contributed by atoms with Crippen LogP contribution in [-0.2, 0) is 6.42 Å². The van der Waals surface area contributed by atoms with E-state index in [4.69, 9.17) is 0 Å². The van der Waals surface area contributed by atoms with Crippen LogP contribution in [0.1, 0.15) is 24.8 Å². The Labute approximate surface area is 83.7 Å². The Kier molecular flexibility index (Phi) is 4.79. The van der Waals surface area contributed by atoms with Crippen molar-refractivity contribution in [1.29, 1.82) is 0 Å². The highest BCUT2D eigenvalue weighted by molar-refractivity contribution is 7.07. The van der Waals surface area contributed by atoms with Gasteiger partial charge in [-0.25, -0.2) is 0 Å². The summed E-state index contributed by atoms with van der Waals surface area (Å²) < 4.78 is 0. The second-order valence-corrected chi connectivity index (χ2v) is 3.99. The predicted molar refractivity (Wildman–Crippen MR) is 58.1 cm³/mol. The van der Waals surface area contributed by atoms with Crippen molar-refractivity contribution in [1.82, 2.24) is 0 Å². The van der Waals surface area contributed by atoms with Crippen molar-refractivity contribution in [2.45, 2.75) is 31.8 Å². The summed E-state index contributed by atoms with van der Waals surface area (Å²) in [6.07, 6.45) is 5.42. The lowest BCUT2D eigenvalue weighted by Gasteiger charge is -2.07. The van der Waals surface area contributed by atoms with E-state index in [1.165, 1.54) is 5.56 Å². The number of aliphatic hydroxyl groups is 1. The molecular formula is C11H16OS. The van der Waals surface area contributed by atoms with Crippen LogP contribution in [0, 0.1) is 0 Å². The van der Waals surface area contributed by atoms with Crippen LogP contribution in [0.4, 0.5) is 0 Å². The molecule has 1 nitrogen and oxygen atoms in total. The minimum Gasteiger partial charge on any atom is -0.393 e. The summed E-state index contributed by atoms with van der Waals surface area (Å²) in [7, 11) is 0. The molecule has 1 rings (SSSR count). The monoisotopic (exact) mass is 196 g/mol. The fourth-order valence-corrected chi connectivity index (χ4v) is 1.96. The van der Waals surface area contributed by atoms with Crippen molar-refractivity contribution >= 4 is 11.3 Å². The van der Waals surface area contributed by atoms with Crippen LogP contribution >= 0.6 is 11.3 Å². The summed E-state index contributed by atoms with van der Waals surface area (Å²) in [6.45, 7) is 3.65. The zero-order valence-electron chi connectivity index (χ0n) is 7.78. The summed E-state index contributed by atoms with van der Waals surface area (Å²) in [4.78, 5) is 0. The maximum atomic E-state index is 9.62. The van der Waals surface area contributed by atoms with Crippen LogP contribution in [0.25, 0.3) is 0 Å². The van der Waals surface area contributed by atoms with Gasteiger partial charge in [0, 0.05) is 0 Å². The molecule has 13 heavy (non-hydrogen) atoms. The van der Waals surface area contributed by atoms with Crippen LogP contribution in [0.3, 0.4) is 0 Å². The van der Waals surface area contributed by atoms with Gasteiger partial charge in [0.2, 0.25) is 0 Å². The third-order valence-corrected chi connectivity index (χ3v) is 2.73. The molecule has 0 fully saturated rings. The molecule has 0 radical (unpaired) electrons. The quantitative estimate of drug-likeness (QED) is 0.548. The first kappa shape index (κ1) is 10.5. The molecular weight excluding hydrogens is 180 g/mol. The minimum absolute atomic E-state index is 0.186. The summed E-state index contributed by atoms with van der Waals surface area (Å²) in [6, 6.07) is 2.07. The topological polar surface area (TPSA) is 20.2 Å². The number of allylic oxidation sites excluding steroid dienone is 1. The number of hydrogen-bond donors (Lipinski definition) is 1. The average molecular weight is 196 g/mol. The molecule has 1 atom stereocenters. The van der Waals surface area contributed by atoms with Crippen LogP contribution in [-0.4, -0.2) is 11.2 Å². The van der Waals surface area contributed by atoms with Crippen LogP contribution < -0.4 is 0 Å². The highest BCUT2D eigenvalue weighted by Crippen LogP contribution is 2.11. The number of rotatable bonds is 6. The summed E-state index contributed by atoms with van der Waals surface area (Å²) in [5.41, 5.74) is 1.25. The van der Waals surface area contributed by atoms with Crippen LogP contribution in [0.15, 0.2) is 29.5 Å². The Morgan fingerprint density at radius 2 is 2.46 bits per heavy atom. The Hall–Kier alpha value is -0.600. The molecule has 1 aromatic rings. The lowest BCUT2D eigenvalue weighted by Crippen LogP contribution is -2.09. The number of unbranched alkanes of at least 4 members (excludes halogenated alkanes) is 1. The van der Waals surface area contributed by atoms with Gasteiger partial charge in [0.15, 0.2) is 0 Å². The van der Waals surface area contributed by atoms with Crippen molar-refractivity contribution < 1.29 is 5.11 Å². The Bertz CT molecular complexity index is 228. The molecule has 1 heterocycles. The summed E-state index contributed by atoms with van der Waals surface area (Å²) in [5.74, 6) is 0. The van der Waals surface area contributed by atoms with Gasteiger partial charge in [-0.05, 0) is 48.1 Å². The van der Waals surface area contributed by atoms with Gasteiger partial charge in [-0.1, -0.05) is 6.08 Å². The van der Waals surface area contributed by atoms with E-state index in [1.54, 1.807) is 11.3 Å². The molecule has 0 saturated carbocycles. The van der Waals surface area contributed by atoms with Crippen molar-refractivity contribution in [3.63, 3.8) is 0 Å². The van der Waals surface area contributed by atoms with E-state index >= 15 is 0 Å². The van der Waals surface area contributed by atoms with Crippen molar-refractivity contribution in [3.8, 4) is 0 Å². The first-order valence-corrected chi connectivity index (χ1v) is 5.57. The standard InChI is InChI=1S/C11H16OS/c1-2-3-4-5-11(12)8-10-6-7-13-9-10/h2,6-7,9,11-12H,1,3-5,8H2. The van der Waals surface area contributed by atoms with E-state index in [1.807, 2.05) is 11.5 Å². The molecule has 0 aliphatic heterocycles. The fraction of sp³-hybridized carbons (Fsp3) is 0.455. The average Bonchev–Trinajstić information content (AvgIpc) is 2.57. The molecule has 2 heteroatoms. The minimum atomic E-state index is -0.186. The number of aliphatic hydroxyl groups excluding tert-OH is 1. The van der Waals surface area contributed by atoms with Gasteiger partial charge in [0.1, 0.15) is 0 Å². The molecule has 1 aromatic heterocycles. The zero-order valence-corrected chi connectivity index (χ0v) is 8.59. The van der Waals surface area contributed by atoms with E-state index < -0.39 is 0 Å². The molecule has 1 unspecified atom stereocenters.